The van der Waals surface area contributed by atoms with Crippen molar-refractivity contribution in [3.8, 4) is 11.1 Å². The molecule has 2 aliphatic rings. The average molecular weight is 554 g/mol. The molecule has 1 amide bonds. The van der Waals surface area contributed by atoms with Gasteiger partial charge in [0.15, 0.2) is 16.8 Å². The van der Waals surface area contributed by atoms with Gasteiger partial charge in [0.2, 0.25) is 5.91 Å². The second-order valence-corrected chi connectivity index (χ2v) is 10.4. The molecule has 5 rings (SSSR count). The van der Waals surface area contributed by atoms with Crippen LogP contribution in [-0.4, -0.2) is 67.2 Å². The number of likely N-dealkylation sites (N-methyl/N-ethyl adjacent to an activating group) is 1. The molecule has 39 heavy (non-hydrogen) atoms. The summed E-state index contributed by atoms with van der Waals surface area (Å²) in [5, 5.41) is 6.14. The minimum Gasteiger partial charge on any atom is -0.393 e. The molecule has 0 saturated carbocycles. The number of ether oxygens (including phenoxy) is 1. The lowest BCUT2D eigenvalue weighted by molar-refractivity contribution is -0.117. The maximum Gasteiger partial charge on any atom is 0.224 e. The Balaban J connectivity index is 1.40. The zero-order valence-corrected chi connectivity index (χ0v) is 22.7. The van der Waals surface area contributed by atoms with Crippen LogP contribution in [0.25, 0.3) is 11.1 Å². The van der Waals surface area contributed by atoms with Crippen LogP contribution in [0.3, 0.4) is 0 Å². The number of piperazine rings is 1. The van der Waals surface area contributed by atoms with E-state index in [1.807, 2.05) is 6.07 Å². The number of benzene rings is 2. The van der Waals surface area contributed by atoms with E-state index in [9.17, 15) is 4.79 Å². The molecule has 0 atom stereocenters. The van der Waals surface area contributed by atoms with Crippen molar-refractivity contribution >= 4 is 46.1 Å². The Labute approximate surface area is 232 Å². The summed E-state index contributed by atoms with van der Waals surface area (Å²) in [4.78, 5) is 25.0. The highest BCUT2D eigenvalue weighted by Gasteiger charge is 2.23. The number of aromatic nitrogens is 2. The average Bonchev–Trinajstić information content (AvgIpc) is 2.94. The molecule has 0 aliphatic carbocycles. The van der Waals surface area contributed by atoms with E-state index in [1.165, 1.54) is 6.33 Å². The number of nitrogens with two attached hydrogens (primary N) is 1. The van der Waals surface area contributed by atoms with Crippen LogP contribution in [0, 0.1) is 11.7 Å². The lowest BCUT2D eigenvalue weighted by Gasteiger charge is -2.35. The molecule has 0 radical (unpaired) electrons. The van der Waals surface area contributed by atoms with Crippen LogP contribution in [0.15, 0.2) is 42.7 Å². The molecule has 206 valence electrons. The van der Waals surface area contributed by atoms with Gasteiger partial charge >= 0.3 is 0 Å². The smallest absolute Gasteiger partial charge is 0.224 e. The molecule has 1 aromatic heterocycles. The number of amides is 1. The van der Waals surface area contributed by atoms with Crippen LogP contribution in [0.5, 0.6) is 0 Å². The zero-order chi connectivity index (χ0) is 27.4. The fraction of sp³-hybridized carbons (Fsp3) is 0.393. The highest BCUT2D eigenvalue weighted by molar-refractivity contribution is 6.32. The number of hydrogen-bond acceptors (Lipinski definition) is 8. The Bertz CT molecular complexity index is 1310. The lowest BCUT2D eigenvalue weighted by Crippen LogP contribution is -2.44. The van der Waals surface area contributed by atoms with Crippen molar-refractivity contribution in [2.45, 2.75) is 19.3 Å². The highest BCUT2D eigenvalue weighted by Crippen LogP contribution is 2.39. The lowest BCUT2D eigenvalue weighted by atomic mass is 9.96. The molecule has 2 aromatic carbocycles. The summed E-state index contributed by atoms with van der Waals surface area (Å²) >= 11 is 6.10. The van der Waals surface area contributed by atoms with E-state index in [0.717, 1.165) is 44.7 Å². The summed E-state index contributed by atoms with van der Waals surface area (Å²) < 4.78 is 21.6. The summed E-state index contributed by atoms with van der Waals surface area (Å²) in [6.07, 6.45) is 3.56. The number of anilines is 5. The van der Waals surface area contributed by atoms with Crippen molar-refractivity contribution < 1.29 is 13.9 Å². The topological polar surface area (TPSA) is 109 Å². The number of halogens is 2. The van der Waals surface area contributed by atoms with E-state index in [1.54, 1.807) is 30.3 Å². The van der Waals surface area contributed by atoms with Crippen LogP contribution in [0.4, 0.5) is 33.0 Å². The maximum atomic E-state index is 16.2. The third-order valence-electron chi connectivity index (χ3n) is 7.34. The van der Waals surface area contributed by atoms with Gasteiger partial charge in [-0.25, -0.2) is 14.4 Å². The Kier molecular flexibility index (Phi) is 8.44. The molecule has 11 heteroatoms. The molecule has 0 spiro atoms. The molecule has 0 unspecified atom stereocenters. The highest BCUT2D eigenvalue weighted by atomic mass is 35.5. The second kappa shape index (κ2) is 12.1. The minimum absolute atomic E-state index is 0.0232. The fourth-order valence-corrected chi connectivity index (χ4v) is 5.10. The summed E-state index contributed by atoms with van der Waals surface area (Å²) in [5.41, 5.74) is 8.99. The molecule has 2 saturated heterocycles. The van der Waals surface area contributed by atoms with Gasteiger partial charge in [0.05, 0.1) is 5.69 Å². The van der Waals surface area contributed by atoms with Crippen LogP contribution in [0.1, 0.15) is 19.3 Å². The van der Waals surface area contributed by atoms with E-state index < -0.39 is 5.82 Å². The number of carbonyl (C=O) groups is 1. The second-order valence-electron chi connectivity index (χ2n) is 10.0. The number of nitrogens with one attached hydrogen (secondary N) is 2. The Morgan fingerprint density at radius 2 is 1.82 bits per heavy atom. The van der Waals surface area contributed by atoms with Crippen molar-refractivity contribution in [2.24, 2.45) is 5.92 Å². The maximum absolute atomic E-state index is 16.2. The molecular weight excluding hydrogens is 521 g/mol. The van der Waals surface area contributed by atoms with Crippen LogP contribution >= 0.6 is 11.6 Å². The first-order valence-corrected chi connectivity index (χ1v) is 13.5. The van der Waals surface area contributed by atoms with Crippen LogP contribution in [0.2, 0.25) is 5.15 Å². The van der Waals surface area contributed by atoms with E-state index in [-0.39, 0.29) is 28.3 Å². The summed E-state index contributed by atoms with van der Waals surface area (Å²) in [6, 6.07) is 10.9. The predicted octanol–water partition coefficient (Wildman–Crippen LogP) is 4.77. The molecule has 2 fully saturated rings. The molecule has 2 aliphatic heterocycles. The summed E-state index contributed by atoms with van der Waals surface area (Å²) in [7, 11) is 2.07. The standard InChI is InChI=1S/C28H33ClFN7O2/c1-36-10-12-37(13-11-36)22-7-6-21(24(30)26(22)35-28-25(31)27(29)32-17-33-28)19-2-4-20(5-3-19)34-23(38)16-18-8-14-39-15-9-18/h2-7,17-18H,8-16,31H2,1H3,(H,34,38)(H,32,33,35). The third-order valence-corrected chi connectivity index (χ3v) is 7.64. The van der Waals surface area contributed by atoms with E-state index in [0.29, 0.717) is 42.4 Å². The van der Waals surface area contributed by atoms with Crippen LogP contribution in [-0.2, 0) is 9.53 Å². The van der Waals surface area contributed by atoms with E-state index in [4.69, 9.17) is 22.1 Å². The first-order valence-electron chi connectivity index (χ1n) is 13.2. The first kappa shape index (κ1) is 27.1. The minimum atomic E-state index is -0.433. The molecule has 0 bridgehead atoms. The number of nitrogen functional groups attached to an aromatic ring is 1. The van der Waals surface area contributed by atoms with E-state index in [2.05, 4.69) is 37.4 Å². The molecule has 3 heterocycles. The van der Waals surface area contributed by atoms with Crippen molar-refractivity contribution in [2.75, 3.05) is 67.7 Å². The van der Waals surface area contributed by atoms with E-state index >= 15 is 4.39 Å². The van der Waals surface area contributed by atoms with Gasteiger partial charge in [0.25, 0.3) is 0 Å². The first-order chi connectivity index (χ1) is 18.9. The molecular formula is C28H33ClFN7O2. The van der Waals surface area contributed by atoms with Gasteiger partial charge in [0.1, 0.15) is 17.7 Å². The number of hydrogen-bond donors (Lipinski definition) is 3. The zero-order valence-electron chi connectivity index (χ0n) is 21.9. The third kappa shape index (κ3) is 6.41. The largest absolute Gasteiger partial charge is 0.393 e. The van der Waals surface area contributed by atoms with Crippen molar-refractivity contribution in [3.63, 3.8) is 0 Å². The van der Waals surface area contributed by atoms with Gasteiger partial charge in [0, 0.05) is 57.1 Å². The van der Waals surface area contributed by atoms with Gasteiger partial charge in [-0.05, 0) is 55.6 Å². The predicted molar refractivity (Wildman–Crippen MR) is 153 cm³/mol. The monoisotopic (exact) mass is 553 g/mol. The molecule has 9 nitrogen and oxygen atoms in total. The Morgan fingerprint density at radius 1 is 1.10 bits per heavy atom. The quantitative estimate of drug-likeness (QED) is 0.359. The Morgan fingerprint density at radius 3 is 2.54 bits per heavy atom. The Hall–Kier alpha value is -3.47. The summed E-state index contributed by atoms with van der Waals surface area (Å²) in [6.45, 7) is 4.66. The SMILES string of the molecule is CN1CCN(c2ccc(-c3ccc(NC(=O)CC4CCOCC4)cc3)c(F)c2Nc2ncnc(Cl)c2N)CC1. The normalized spacial score (nSPS) is 16.7. The van der Waals surface area contributed by atoms with Gasteiger partial charge in [-0.15, -0.1) is 0 Å². The number of nitrogens with zero attached hydrogens (tertiary/aromatic N) is 4. The summed E-state index contributed by atoms with van der Waals surface area (Å²) in [5.74, 6) is 0.126. The van der Waals surface area contributed by atoms with Gasteiger partial charge < -0.3 is 30.9 Å². The van der Waals surface area contributed by atoms with Crippen molar-refractivity contribution in [1.29, 1.82) is 0 Å². The number of carbonyl (C=O) groups excluding carboxylic acids is 1. The van der Waals surface area contributed by atoms with Crippen molar-refractivity contribution in [3.05, 3.63) is 53.7 Å². The molecule has 4 N–H and O–H groups in total. The van der Waals surface area contributed by atoms with Gasteiger partial charge in [-0.2, -0.15) is 0 Å². The van der Waals surface area contributed by atoms with Crippen molar-refractivity contribution in [1.82, 2.24) is 14.9 Å². The van der Waals surface area contributed by atoms with Gasteiger partial charge in [-0.3, -0.25) is 4.79 Å². The fourth-order valence-electron chi connectivity index (χ4n) is 4.97. The van der Waals surface area contributed by atoms with Gasteiger partial charge in [-0.1, -0.05) is 23.7 Å². The number of rotatable bonds is 7. The molecule has 3 aromatic rings. The van der Waals surface area contributed by atoms with Crippen LogP contribution < -0.4 is 21.3 Å².